The van der Waals surface area contributed by atoms with Gasteiger partial charge in [-0.1, -0.05) is 11.6 Å². The van der Waals surface area contributed by atoms with Gasteiger partial charge < -0.3 is 14.6 Å². The molecule has 2 aromatic rings. The van der Waals surface area contributed by atoms with E-state index < -0.39 is 0 Å². The monoisotopic (exact) mass is 320 g/mol. The van der Waals surface area contributed by atoms with Crippen LogP contribution in [-0.4, -0.2) is 29.2 Å². The molecular formula is C15H17ClN4O2. The highest BCUT2D eigenvalue weighted by molar-refractivity contribution is 6.29. The van der Waals surface area contributed by atoms with E-state index in [4.69, 9.17) is 16.0 Å². The average molecular weight is 321 g/mol. The lowest BCUT2D eigenvalue weighted by molar-refractivity contribution is -0.125. The minimum atomic E-state index is -0.0545. The van der Waals surface area contributed by atoms with Crippen LogP contribution in [0.5, 0.6) is 0 Å². The topological polar surface area (TPSA) is 71.3 Å². The molecule has 0 aliphatic carbocycles. The number of nitrogens with one attached hydrogen (secondary N) is 1. The van der Waals surface area contributed by atoms with Crippen molar-refractivity contribution in [1.82, 2.24) is 15.5 Å². The van der Waals surface area contributed by atoms with E-state index in [1.54, 1.807) is 12.3 Å². The molecular weight excluding hydrogens is 304 g/mol. The van der Waals surface area contributed by atoms with Gasteiger partial charge in [0.15, 0.2) is 11.0 Å². The predicted molar refractivity (Wildman–Crippen MR) is 82.5 cm³/mol. The quantitative estimate of drug-likeness (QED) is 0.935. The molecule has 6 nitrogen and oxygen atoms in total. The molecule has 1 N–H and O–H groups in total. The largest absolute Gasteiger partial charge is 0.467 e. The summed E-state index contributed by atoms with van der Waals surface area (Å²) in [6, 6.07) is 7.20. The van der Waals surface area contributed by atoms with Gasteiger partial charge in [0, 0.05) is 13.1 Å². The summed E-state index contributed by atoms with van der Waals surface area (Å²) in [6.07, 6.45) is 3.42. The molecule has 0 radical (unpaired) electrons. The van der Waals surface area contributed by atoms with Gasteiger partial charge in [-0.3, -0.25) is 4.79 Å². The number of amides is 1. The van der Waals surface area contributed by atoms with Crippen LogP contribution in [0.25, 0.3) is 0 Å². The van der Waals surface area contributed by atoms with Gasteiger partial charge in [-0.25, -0.2) is 0 Å². The zero-order valence-electron chi connectivity index (χ0n) is 12.0. The van der Waals surface area contributed by atoms with E-state index in [1.807, 2.05) is 18.2 Å². The zero-order valence-corrected chi connectivity index (χ0v) is 12.8. The Morgan fingerprint density at radius 3 is 3.05 bits per heavy atom. The Bertz CT molecular complexity index is 615. The summed E-state index contributed by atoms with van der Waals surface area (Å²) in [6.45, 7) is 1.93. The molecule has 22 heavy (non-hydrogen) atoms. The van der Waals surface area contributed by atoms with Gasteiger partial charge in [0.25, 0.3) is 0 Å². The summed E-state index contributed by atoms with van der Waals surface area (Å²) in [5.74, 6) is 1.50. The van der Waals surface area contributed by atoms with Crippen LogP contribution in [0.15, 0.2) is 34.9 Å². The Kier molecular flexibility index (Phi) is 4.58. The predicted octanol–water partition coefficient (Wildman–Crippen LogP) is 2.26. The molecule has 1 aliphatic heterocycles. The average Bonchev–Trinajstić information content (AvgIpc) is 3.07. The molecule has 0 unspecified atom stereocenters. The molecule has 1 atom stereocenters. The van der Waals surface area contributed by atoms with Crippen molar-refractivity contribution < 1.29 is 9.21 Å². The second-order valence-corrected chi connectivity index (χ2v) is 5.68. The Labute approximate surface area is 133 Å². The van der Waals surface area contributed by atoms with Crippen molar-refractivity contribution >= 4 is 23.3 Å². The Balaban J connectivity index is 1.57. The molecule has 1 aliphatic rings. The molecule has 1 amide bonds. The minimum Gasteiger partial charge on any atom is -0.467 e. The van der Waals surface area contributed by atoms with Crippen LogP contribution in [0.4, 0.5) is 5.82 Å². The maximum Gasteiger partial charge on any atom is 0.225 e. The highest BCUT2D eigenvalue weighted by atomic mass is 35.5. The Hall–Kier alpha value is -2.08. The van der Waals surface area contributed by atoms with E-state index in [-0.39, 0.29) is 11.8 Å². The zero-order chi connectivity index (χ0) is 15.4. The fourth-order valence-electron chi connectivity index (χ4n) is 2.61. The van der Waals surface area contributed by atoms with Crippen molar-refractivity contribution in [3.8, 4) is 0 Å². The number of anilines is 1. The first-order chi connectivity index (χ1) is 10.7. The fourth-order valence-corrected chi connectivity index (χ4v) is 2.71. The van der Waals surface area contributed by atoms with Gasteiger partial charge in [0.2, 0.25) is 5.91 Å². The second-order valence-electron chi connectivity index (χ2n) is 5.30. The number of furan rings is 1. The van der Waals surface area contributed by atoms with Crippen LogP contribution in [-0.2, 0) is 11.3 Å². The summed E-state index contributed by atoms with van der Waals surface area (Å²) in [4.78, 5) is 14.4. The third-order valence-corrected chi connectivity index (χ3v) is 3.95. The SMILES string of the molecule is O=C(NCc1ccco1)[C@@H]1CCCN(c2ccc(Cl)nn2)C1. The van der Waals surface area contributed by atoms with Crippen LogP contribution in [0.3, 0.4) is 0 Å². The molecule has 1 fully saturated rings. The number of carbonyl (C=O) groups is 1. The van der Waals surface area contributed by atoms with E-state index in [2.05, 4.69) is 20.4 Å². The number of nitrogens with zero attached hydrogens (tertiary/aromatic N) is 3. The summed E-state index contributed by atoms with van der Waals surface area (Å²) in [7, 11) is 0. The summed E-state index contributed by atoms with van der Waals surface area (Å²) in [5.41, 5.74) is 0. The molecule has 0 bridgehead atoms. The number of aromatic nitrogens is 2. The van der Waals surface area contributed by atoms with E-state index >= 15 is 0 Å². The number of hydrogen-bond acceptors (Lipinski definition) is 5. The first-order valence-corrected chi connectivity index (χ1v) is 7.64. The molecule has 7 heteroatoms. The van der Waals surface area contributed by atoms with Crippen molar-refractivity contribution in [1.29, 1.82) is 0 Å². The van der Waals surface area contributed by atoms with Crippen LogP contribution >= 0.6 is 11.6 Å². The molecule has 0 spiro atoms. The van der Waals surface area contributed by atoms with Crippen molar-refractivity contribution in [2.75, 3.05) is 18.0 Å². The van der Waals surface area contributed by atoms with E-state index in [0.717, 1.165) is 31.0 Å². The lowest BCUT2D eigenvalue weighted by Crippen LogP contribution is -2.43. The van der Waals surface area contributed by atoms with Gasteiger partial charge in [-0.2, -0.15) is 0 Å². The smallest absolute Gasteiger partial charge is 0.225 e. The number of piperidine rings is 1. The molecule has 2 aromatic heterocycles. The Morgan fingerprint density at radius 1 is 1.41 bits per heavy atom. The fraction of sp³-hybridized carbons (Fsp3) is 0.400. The maximum absolute atomic E-state index is 12.3. The molecule has 0 aromatic carbocycles. The van der Waals surface area contributed by atoms with Crippen LogP contribution in [0.2, 0.25) is 5.15 Å². The van der Waals surface area contributed by atoms with Crippen LogP contribution < -0.4 is 10.2 Å². The van der Waals surface area contributed by atoms with Crippen molar-refractivity contribution in [2.24, 2.45) is 5.92 Å². The molecule has 3 rings (SSSR count). The van der Waals surface area contributed by atoms with Gasteiger partial charge in [0.05, 0.1) is 18.7 Å². The highest BCUT2D eigenvalue weighted by Gasteiger charge is 2.26. The lowest BCUT2D eigenvalue weighted by Gasteiger charge is -2.32. The summed E-state index contributed by atoms with van der Waals surface area (Å²) in [5, 5.41) is 11.2. The maximum atomic E-state index is 12.3. The second kappa shape index (κ2) is 6.79. The first kappa shape index (κ1) is 14.8. The van der Waals surface area contributed by atoms with Crippen LogP contribution in [0.1, 0.15) is 18.6 Å². The van der Waals surface area contributed by atoms with Crippen molar-refractivity contribution in [3.05, 3.63) is 41.4 Å². The van der Waals surface area contributed by atoms with Crippen molar-refractivity contribution in [3.63, 3.8) is 0 Å². The van der Waals surface area contributed by atoms with Crippen LogP contribution in [0, 0.1) is 5.92 Å². The van der Waals surface area contributed by atoms with Gasteiger partial charge in [0.1, 0.15) is 5.76 Å². The van der Waals surface area contributed by atoms with E-state index in [9.17, 15) is 4.79 Å². The number of rotatable bonds is 4. The summed E-state index contributed by atoms with van der Waals surface area (Å²) < 4.78 is 5.22. The molecule has 116 valence electrons. The summed E-state index contributed by atoms with van der Waals surface area (Å²) >= 11 is 5.75. The Morgan fingerprint density at radius 2 is 2.32 bits per heavy atom. The number of carbonyl (C=O) groups excluding carboxylic acids is 1. The third kappa shape index (κ3) is 3.57. The third-order valence-electron chi connectivity index (χ3n) is 3.75. The normalized spacial score (nSPS) is 18.2. The van der Waals surface area contributed by atoms with Gasteiger partial charge >= 0.3 is 0 Å². The van der Waals surface area contributed by atoms with Gasteiger partial charge in [-0.05, 0) is 37.1 Å². The molecule has 0 saturated carbocycles. The lowest BCUT2D eigenvalue weighted by atomic mass is 9.97. The highest BCUT2D eigenvalue weighted by Crippen LogP contribution is 2.22. The first-order valence-electron chi connectivity index (χ1n) is 7.26. The molecule has 3 heterocycles. The van der Waals surface area contributed by atoms with Crippen molar-refractivity contribution in [2.45, 2.75) is 19.4 Å². The van der Waals surface area contributed by atoms with E-state index in [0.29, 0.717) is 18.2 Å². The minimum absolute atomic E-state index is 0.0445. The van der Waals surface area contributed by atoms with E-state index in [1.165, 1.54) is 0 Å². The standard InChI is InChI=1S/C15H17ClN4O2/c16-13-5-6-14(19-18-13)20-7-1-3-11(10-20)15(21)17-9-12-4-2-8-22-12/h2,4-6,8,11H,1,3,7,9-10H2,(H,17,21)/t11-/m1/s1. The molecule has 1 saturated heterocycles. The number of hydrogen-bond donors (Lipinski definition) is 1. The van der Waals surface area contributed by atoms with Gasteiger partial charge in [-0.15, -0.1) is 10.2 Å². The number of halogens is 1.